The largest absolute Gasteiger partial charge is 0.479 e. The predicted octanol–water partition coefficient (Wildman–Crippen LogP) is 2.11. The molecule has 0 aromatic heterocycles. The van der Waals surface area contributed by atoms with Crippen LogP contribution < -0.4 is 10.6 Å². The zero-order valence-electron chi connectivity index (χ0n) is 17.4. The molecule has 0 saturated heterocycles. The standard InChI is InChI=1S/C23H26N2O6/c1-13(2)20(21(27)24-11-19(26)22(28)29)25-23(30)31-12-18-16-9-5-3-7-14(16)15-8-4-6-10-17(15)18/h3-10,13,18-20,26H,11-12H2,1-2H3,(H,24,27)(H,25,30)(H,28,29)/t19-,20-/m0/s1. The second-order valence-electron chi connectivity index (χ2n) is 7.79. The molecule has 0 bridgehead atoms. The Morgan fingerprint density at radius 1 is 1.00 bits per heavy atom. The Hall–Kier alpha value is -3.39. The first-order valence-corrected chi connectivity index (χ1v) is 10.1. The third kappa shape index (κ3) is 5.03. The number of ether oxygens (including phenoxy) is 1. The maximum atomic E-state index is 12.4. The van der Waals surface area contributed by atoms with Crippen LogP contribution in [0.15, 0.2) is 48.5 Å². The Balaban J connectivity index is 1.62. The molecule has 8 heteroatoms. The molecule has 0 aliphatic heterocycles. The van der Waals surface area contributed by atoms with E-state index in [0.717, 1.165) is 22.3 Å². The number of benzene rings is 2. The Bertz CT molecular complexity index is 929. The minimum Gasteiger partial charge on any atom is -0.479 e. The number of rotatable bonds is 8. The number of aliphatic hydroxyl groups excluding tert-OH is 1. The summed E-state index contributed by atoms with van der Waals surface area (Å²) in [5.41, 5.74) is 4.39. The van der Waals surface area contributed by atoms with E-state index in [1.807, 2.05) is 48.5 Å². The summed E-state index contributed by atoms with van der Waals surface area (Å²) in [5.74, 6) is -2.41. The van der Waals surface area contributed by atoms with Crippen LogP contribution in [0.1, 0.15) is 30.9 Å². The molecule has 2 aromatic carbocycles. The van der Waals surface area contributed by atoms with Gasteiger partial charge in [0, 0.05) is 5.92 Å². The lowest BCUT2D eigenvalue weighted by molar-refractivity contribution is -0.146. The Morgan fingerprint density at radius 3 is 2.06 bits per heavy atom. The third-order valence-electron chi connectivity index (χ3n) is 5.32. The average molecular weight is 426 g/mol. The summed E-state index contributed by atoms with van der Waals surface area (Å²) < 4.78 is 5.46. The van der Waals surface area contributed by atoms with E-state index in [2.05, 4.69) is 10.6 Å². The van der Waals surface area contributed by atoms with Gasteiger partial charge in [-0.15, -0.1) is 0 Å². The van der Waals surface area contributed by atoms with Gasteiger partial charge >= 0.3 is 12.1 Å². The lowest BCUT2D eigenvalue weighted by atomic mass is 9.98. The zero-order valence-corrected chi connectivity index (χ0v) is 17.4. The van der Waals surface area contributed by atoms with Crippen molar-refractivity contribution >= 4 is 18.0 Å². The second-order valence-corrected chi connectivity index (χ2v) is 7.79. The van der Waals surface area contributed by atoms with Gasteiger partial charge in [0.2, 0.25) is 5.91 Å². The molecule has 2 atom stereocenters. The molecule has 1 aliphatic rings. The summed E-state index contributed by atoms with van der Waals surface area (Å²) in [6.45, 7) is 3.14. The van der Waals surface area contributed by atoms with Gasteiger partial charge < -0.3 is 25.6 Å². The Kier molecular flexibility index (Phi) is 6.91. The Labute approximate surface area is 180 Å². The quantitative estimate of drug-likeness (QED) is 0.512. The molecule has 8 nitrogen and oxygen atoms in total. The fourth-order valence-corrected chi connectivity index (χ4v) is 3.70. The van der Waals surface area contributed by atoms with E-state index in [9.17, 15) is 19.5 Å². The van der Waals surface area contributed by atoms with E-state index < -0.39 is 36.7 Å². The molecular formula is C23H26N2O6. The molecule has 2 aromatic rings. The highest BCUT2D eigenvalue weighted by atomic mass is 16.5. The molecule has 164 valence electrons. The second kappa shape index (κ2) is 9.61. The first-order valence-electron chi connectivity index (χ1n) is 10.1. The van der Waals surface area contributed by atoms with Gasteiger partial charge in [0.1, 0.15) is 12.6 Å². The lowest BCUT2D eigenvalue weighted by Crippen LogP contribution is -2.51. The topological polar surface area (TPSA) is 125 Å². The number of amides is 2. The van der Waals surface area contributed by atoms with Crippen LogP contribution in [0.5, 0.6) is 0 Å². The number of aliphatic carboxylic acids is 1. The normalized spacial score (nSPS) is 14.3. The van der Waals surface area contributed by atoms with E-state index in [-0.39, 0.29) is 18.4 Å². The molecule has 1 aliphatic carbocycles. The number of alkyl carbamates (subject to hydrolysis) is 1. The van der Waals surface area contributed by atoms with Crippen LogP contribution in [0.3, 0.4) is 0 Å². The highest BCUT2D eigenvalue weighted by Crippen LogP contribution is 2.44. The minimum absolute atomic E-state index is 0.102. The van der Waals surface area contributed by atoms with Gasteiger partial charge in [-0.05, 0) is 28.2 Å². The smallest absolute Gasteiger partial charge is 0.407 e. The highest BCUT2D eigenvalue weighted by molar-refractivity contribution is 5.86. The number of carboxylic acid groups (broad SMARTS) is 1. The van der Waals surface area contributed by atoms with Crippen molar-refractivity contribution < 1.29 is 29.3 Å². The summed E-state index contributed by atoms with van der Waals surface area (Å²) in [6.07, 6.45) is -2.46. The molecule has 31 heavy (non-hydrogen) atoms. The van der Waals surface area contributed by atoms with Crippen molar-refractivity contribution in [2.75, 3.05) is 13.2 Å². The van der Waals surface area contributed by atoms with Gasteiger partial charge in [-0.1, -0.05) is 62.4 Å². The molecule has 3 rings (SSSR count). The van der Waals surface area contributed by atoms with Crippen LogP contribution in [0, 0.1) is 5.92 Å². The zero-order chi connectivity index (χ0) is 22.5. The molecule has 0 saturated carbocycles. The molecule has 0 spiro atoms. The van der Waals surface area contributed by atoms with Gasteiger partial charge in [-0.2, -0.15) is 0 Å². The number of fused-ring (bicyclic) bond motifs is 3. The van der Waals surface area contributed by atoms with Gasteiger partial charge in [0.05, 0.1) is 6.54 Å². The van der Waals surface area contributed by atoms with Gasteiger partial charge in [-0.25, -0.2) is 9.59 Å². The predicted molar refractivity (Wildman–Crippen MR) is 113 cm³/mol. The molecular weight excluding hydrogens is 400 g/mol. The van der Waals surface area contributed by atoms with Crippen molar-refractivity contribution in [3.8, 4) is 11.1 Å². The van der Waals surface area contributed by atoms with Crippen molar-refractivity contribution in [1.29, 1.82) is 0 Å². The average Bonchev–Trinajstić information content (AvgIpc) is 3.07. The van der Waals surface area contributed by atoms with Crippen LogP contribution >= 0.6 is 0 Å². The van der Waals surface area contributed by atoms with Gasteiger partial charge in [-0.3, -0.25) is 4.79 Å². The fraction of sp³-hybridized carbons (Fsp3) is 0.348. The number of nitrogens with one attached hydrogen (secondary N) is 2. The molecule has 0 fully saturated rings. The van der Waals surface area contributed by atoms with Crippen molar-refractivity contribution in [2.24, 2.45) is 5.92 Å². The lowest BCUT2D eigenvalue weighted by Gasteiger charge is -2.22. The summed E-state index contributed by atoms with van der Waals surface area (Å²) in [6, 6.07) is 15.0. The first-order chi connectivity index (χ1) is 14.8. The van der Waals surface area contributed by atoms with Crippen molar-refractivity contribution in [3.63, 3.8) is 0 Å². The number of aliphatic hydroxyl groups is 1. The summed E-state index contributed by atoms with van der Waals surface area (Å²) >= 11 is 0. The van der Waals surface area contributed by atoms with Crippen LogP contribution in [0.4, 0.5) is 4.79 Å². The molecule has 2 amide bonds. The van der Waals surface area contributed by atoms with Crippen molar-refractivity contribution in [2.45, 2.75) is 31.9 Å². The van der Waals surface area contributed by atoms with E-state index in [0.29, 0.717) is 0 Å². The van der Waals surface area contributed by atoms with E-state index in [1.54, 1.807) is 13.8 Å². The van der Waals surface area contributed by atoms with E-state index in [4.69, 9.17) is 9.84 Å². The monoisotopic (exact) mass is 426 g/mol. The summed E-state index contributed by atoms with van der Waals surface area (Å²) in [7, 11) is 0. The number of hydrogen-bond acceptors (Lipinski definition) is 5. The van der Waals surface area contributed by atoms with Gasteiger partial charge in [0.15, 0.2) is 6.10 Å². The molecule has 0 unspecified atom stereocenters. The third-order valence-corrected chi connectivity index (χ3v) is 5.32. The molecule has 0 radical (unpaired) electrons. The number of carboxylic acids is 1. The summed E-state index contributed by atoms with van der Waals surface area (Å²) in [5, 5.41) is 22.9. The molecule has 4 N–H and O–H groups in total. The van der Waals surface area contributed by atoms with Crippen LogP contribution in [-0.4, -0.2) is 53.5 Å². The highest BCUT2D eigenvalue weighted by Gasteiger charge is 2.30. The van der Waals surface area contributed by atoms with Crippen LogP contribution in [0.2, 0.25) is 0 Å². The number of carbonyl (C=O) groups excluding carboxylic acids is 2. The van der Waals surface area contributed by atoms with Gasteiger partial charge in [0.25, 0.3) is 0 Å². The van der Waals surface area contributed by atoms with Crippen LogP contribution in [-0.2, 0) is 14.3 Å². The number of hydrogen-bond donors (Lipinski definition) is 4. The number of carbonyl (C=O) groups is 3. The Morgan fingerprint density at radius 2 is 1.55 bits per heavy atom. The maximum absolute atomic E-state index is 12.4. The van der Waals surface area contributed by atoms with Crippen molar-refractivity contribution in [3.05, 3.63) is 59.7 Å². The SMILES string of the molecule is CC(C)[C@H](NC(=O)OCC1c2ccccc2-c2ccccc21)C(=O)NC[C@H](O)C(=O)O. The van der Waals surface area contributed by atoms with Crippen LogP contribution in [0.25, 0.3) is 11.1 Å². The van der Waals surface area contributed by atoms with E-state index in [1.165, 1.54) is 0 Å². The molecule has 0 heterocycles. The first kappa shape index (κ1) is 22.3. The fourth-order valence-electron chi connectivity index (χ4n) is 3.70. The van der Waals surface area contributed by atoms with E-state index >= 15 is 0 Å². The summed E-state index contributed by atoms with van der Waals surface area (Å²) in [4.78, 5) is 35.5. The maximum Gasteiger partial charge on any atom is 0.407 e. The minimum atomic E-state index is -1.72. The van der Waals surface area contributed by atoms with Crippen molar-refractivity contribution in [1.82, 2.24) is 10.6 Å².